The zero-order valence-corrected chi connectivity index (χ0v) is 15.4. The number of aryl methyl sites for hydroxylation is 1. The molecular formula is C18H27NO4S. The van der Waals surface area contributed by atoms with Gasteiger partial charge in [-0.25, -0.2) is 8.42 Å². The fraction of sp³-hybridized carbons (Fsp3) is 0.611. The zero-order chi connectivity index (χ0) is 17.9. The Balaban J connectivity index is 2.31. The number of aliphatic carboxylic acids is 1. The van der Waals surface area contributed by atoms with Gasteiger partial charge in [0.1, 0.15) is 6.04 Å². The number of hydrogen-bond donors (Lipinski definition) is 1. The van der Waals surface area contributed by atoms with Crippen molar-refractivity contribution in [3.63, 3.8) is 0 Å². The number of rotatable bonds is 7. The van der Waals surface area contributed by atoms with E-state index in [1.807, 2.05) is 25.7 Å². The van der Waals surface area contributed by atoms with Gasteiger partial charge in [-0.05, 0) is 37.8 Å². The summed E-state index contributed by atoms with van der Waals surface area (Å²) < 4.78 is 26.2. The van der Waals surface area contributed by atoms with Gasteiger partial charge in [-0.3, -0.25) is 9.69 Å². The summed E-state index contributed by atoms with van der Waals surface area (Å²) in [5.41, 5.74) is 1.02. The van der Waals surface area contributed by atoms with Gasteiger partial charge in [0.25, 0.3) is 0 Å². The number of carboxylic acid groups (broad SMARTS) is 1. The molecule has 1 aromatic rings. The second-order valence-electron chi connectivity index (χ2n) is 6.66. The quantitative estimate of drug-likeness (QED) is 0.816. The summed E-state index contributed by atoms with van der Waals surface area (Å²) in [4.78, 5) is 13.6. The Labute approximate surface area is 144 Å². The van der Waals surface area contributed by atoms with Crippen molar-refractivity contribution in [2.75, 3.05) is 13.1 Å². The van der Waals surface area contributed by atoms with Gasteiger partial charge in [-0.15, -0.1) is 0 Å². The van der Waals surface area contributed by atoms with Crippen molar-refractivity contribution < 1.29 is 18.3 Å². The lowest BCUT2D eigenvalue weighted by Gasteiger charge is -2.22. The lowest BCUT2D eigenvalue weighted by molar-refractivity contribution is -0.143. The predicted molar refractivity (Wildman–Crippen MR) is 93.8 cm³/mol. The SMILES string of the molecule is CCC[C@H]1CN([C@@H](CC)C(=O)O)CC1S(=O)(=O)c1ccc(C)cc1. The van der Waals surface area contributed by atoms with Crippen LogP contribution in [0.1, 0.15) is 38.7 Å². The molecule has 134 valence electrons. The second-order valence-corrected chi connectivity index (χ2v) is 8.83. The highest BCUT2D eigenvalue weighted by molar-refractivity contribution is 7.92. The number of carboxylic acids is 1. The van der Waals surface area contributed by atoms with Crippen molar-refractivity contribution >= 4 is 15.8 Å². The van der Waals surface area contributed by atoms with Crippen LogP contribution in [0.5, 0.6) is 0 Å². The highest BCUT2D eigenvalue weighted by Crippen LogP contribution is 2.32. The minimum atomic E-state index is -3.46. The molecule has 6 heteroatoms. The maximum Gasteiger partial charge on any atom is 0.320 e. The highest BCUT2D eigenvalue weighted by Gasteiger charge is 2.44. The van der Waals surface area contributed by atoms with Crippen molar-refractivity contribution in [3.05, 3.63) is 29.8 Å². The number of nitrogens with zero attached hydrogens (tertiary/aromatic N) is 1. The fourth-order valence-corrected chi connectivity index (χ4v) is 5.60. The van der Waals surface area contributed by atoms with E-state index in [9.17, 15) is 18.3 Å². The normalized spacial score (nSPS) is 23.3. The van der Waals surface area contributed by atoms with E-state index >= 15 is 0 Å². The maximum atomic E-state index is 13.1. The summed E-state index contributed by atoms with van der Waals surface area (Å²) in [6.45, 7) is 6.62. The van der Waals surface area contributed by atoms with Gasteiger partial charge in [0, 0.05) is 13.1 Å². The monoisotopic (exact) mass is 353 g/mol. The van der Waals surface area contributed by atoms with Crippen LogP contribution >= 0.6 is 0 Å². The molecule has 1 saturated heterocycles. The van der Waals surface area contributed by atoms with E-state index in [1.54, 1.807) is 24.3 Å². The van der Waals surface area contributed by atoms with Crippen LogP contribution in [0.25, 0.3) is 0 Å². The van der Waals surface area contributed by atoms with Crippen LogP contribution in [-0.2, 0) is 14.6 Å². The van der Waals surface area contributed by atoms with Gasteiger partial charge in [-0.1, -0.05) is 38.0 Å². The molecule has 3 atom stereocenters. The van der Waals surface area contributed by atoms with Crippen molar-refractivity contribution in [1.29, 1.82) is 0 Å². The Morgan fingerprint density at radius 2 is 1.88 bits per heavy atom. The zero-order valence-electron chi connectivity index (χ0n) is 14.6. The van der Waals surface area contributed by atoms with E-state index in [0.717, 1.165) is 18.4 Å². The Kier molecular flexibility index (Phi) is 6.04. The summed E-state index contributed by atoms with van der Waals surface area (Å²) in [7, 11) is -3.46. The standard InChI is InChI=1S/C18H27NO4S/c1-4-6-14-11-19(16(5-2)18(20)21)12-17(14)24(22,23)15-9-7-13(3)8-10-15/h7-10,14,16-17H,4-6,11-12H2,1-3H3,(H,20,21)/t14-,16-,17?/m0/s1. The van der Waals surface area contributed by atoms with Gasteiger partial charge in [0.2, 0.25) is 0 Å². The molecule has 0 aromatic heterocycles. The summed E-state index contributed by atoms with van der Waals surface area (Å²) in [5.74, 6) is -0.893. The number of carbonyl (C=O) groups is 1. The highest BCUT2D eigenvalue weighted by atomic mass is 32.2. The molecule has 1 heterocycles. The predicted octanol–water partition coefficient (Wildman–Crippen LogP) is 2.73. The van der Waals surface area contributed by atoms with Gasteiger partial charge >= 0.3 is 5.97 Å². The molecule has 1 fully saturated rings. The minimum Gasteiger partial charge on any atom is -0.480 e. The van der Waals surface area contributed by atoms with Crippen LogP contribution in [0.2, 0.25) is 0 Å². The summed E-state index contributed by atoms with van der Waals surface area (Å²) >= 11 is 0. The van der Waals surface area contributed by atoms with E-state index < -0.39 is 27.1 Å². The average molecular weight is 353 g/mol. The second kappa shape index (κ2) is 7.66. The van der Waals surface area contributed by atoms with E-state index in [2.05, 4.69) is 0 Å². The molecule has 1 N–H and O–H groups in total. The van der Waals surface area contributed by atoms with Crippen LogP contribution < -0.4 is 0 Å². The minimum absolute atomic E-state index is 0.0188. The smallest absolute Gasteiger partial charge is 0.320 e. The van der Waals surface area contributed by atoms with Crippen LogP contribution in [0.4, 0.5) is 0 Å². The molecule has 1 unspecified atom stereocenters. The van der Waals surface area contributed by atoms with E-state index in [0.29, 0.717) is 24.4 Å². The van der Waals surface area contributed by atoms with E-state index in [1.165, 1.54) is 0 Å². The number of benzene rings is 1. The van der Waals surface area contributed by atoms with Crippen molar-refractivity contribution in [3.8, 4) is 0 Å². The third kappa shape index (κ3) is 3.81. The average Bonchev–Trinajstić information content (AvgIpc) is 2.93. The third-order valence-electron chi connectivity index (χ3n) is 4.93. The number of likely N-dealkylation sites (tertiary alicyclic amines) is 1. The molecule has 0 aliphatic carbocycles. The lowest BCUT2D eigenvalue weighted by atomic mass is 10.0. The summed E-state index contributed by atoms with van der Waals surface area (Å²) in [6, 6.07) is 6.32. The fourth-order valence-electron chi connectivity index (χ4n) is 3.62. The molecule has 0 spiro atoms. The molecule has 0 bridgehead atoms. The first-order chi connectivity index (χ1) is 11.3. The molecular weight excluding hydrogens is 326 g/mol. The Morgan fingerprint density at radius 3 is 2.38 bits per heavy atom. The first-order valence-electron chi connectivity index (χ1n) is 8.58. The van der Waals surface area contributed by atoms with Crippen molar-refractivity contribution in [1.82, 2.24) is 4.90 Å². The molecule has 1 aliphatic heterocycles. The van der Waals surface area contributed by atoms with Gasteiger partial charge in [-0.2, -0.15) is 0 Å². The van der Waals surface area contributed by atoms with Crippen LogP contribution in [0, 0.1) is 12.8 Å². The lowest BCUT2D eigenvalue weighted by Crippen LogP contribution is -2.40. The molecule has 0 amide bonds. The van der Waals surface area contributed by atoms with Gasteiger partial charge in [0.05, 0.1) is 10.1 Å². The van der Waals surface area contributed by atoms with Crippen molar-refractivity contribution in [2.24, 2.45) is 5.92 Å². The number of sulfone groups is 1. The van der Waals surface area contributed by atoms with Crippen molar-refractivity contribution in [2.45, 2.75) is 56.2 Å². The third-order valence-corrected chi connectivity index (χ3v) is 7.19. The van der Waals surface area contributed by atoms with Gasteiger partial charge < -0.3 is 5.11 Å². The Morgan fingerprint density at radius 1 is 1.25 bits per heavy atom. The summed E-state index contributed by atoms with van der Waals surface area (Å²) in [5, 5.41) is 8.86. The number of hydrogen-bond acceptors (Lipinski definition) is 4. The molecule has 2 rings (SSSR count). The molecule has 5 nitrogen and oxygen atoms in total. The topological polar surface area (TPSA) is 74.7 Å². The first kappa shape index (κ1) is 18.9. The van der Waals surface area contributed by atoms with E-state index in [4.69, 9.17) is 0 Å². The largest absolute Gasteiger partial charge is 0.480 e. The van der Waals surface area contributed by atoms with Crippen LogP contribution in [-0.4, -0.2) is 48.8 Å². The first-order valence-corrected chi connectivity index (χ1v) is 10.1. The molecule has 0 saturated carbocycles. The molecule has 0 radical (unpaired) electrons. The Hall–Kier alpha value is -1.40. The maximum absolute atomic E-state index is 13.1. The van der Waals surface area contributed by atoms with E-state index in [-0.39, 0.29) is 5.92 Å². The summed E-state index contributed by atoms with van der Waals surface area (Å²) in [6.07, 6.45) is 2.16. The van der Waals surface area contributed by atoms with Gasteiger partial charge in [0.15, 0.2) is 9.84 Å². The van der Waals surface area contributed by atoms with Crippen LogP contribution in [0.3, 0.4) is 0 Å². The molecule has 1 aromatic carbocycles. The Bertz CT molecular complexity index is 669. The van der Waals surface area contributed by atoms with Crippen LogP contribution in [0.15, 0.2) is 29.2 Å². The molecule has 24 heavy (non-hydrogen) atoms. The molecule has 1 aliphatic rings.